The van der Waals surface area contributed by atoms with Gasteiger partial charge in [-0.3, -0.25) is 9.59 Å². The van der Waals surface area contributed by atoms with Gasteiger partial charge >= 0.3 is 0 Å². The lowest BCUT2D eigenvalue weighted by Crippen LogP contribution is -2.24. The van der Waals surface area contributed by atoms with Crippen LogP contribution < -0.4 is 5.56 Å². The highest BCUT2D eigenvalue weighted by Crippen LogP contribution is 2.34. The molecule has 0 aliphatic carbocycles. The lowest BCUT2D eigenvalue weighted by atomic mass is 9.96. The van der Waals surface area contributed by atoms with Gasteiger partial charge in [0.2, 0.25) is 5.91 Å². The number of carbonyl (C=O) groups excluding carboxylic acids is 1. The highest BCUT2D eigenvalue weighted by atomic mass is 32.1. The average Bonchev–Trinajstić information content (AvgIpc) is 3.23. The summed E-state index contributed by atoms with van der Waals surface area (Å²) in [6.45, 7) is 5.48. The van der Waals surface area contributed by atoms with E-state index in [1.807, 2.05) is 49.6 Å². The van der Waals surface area contributed by atoms with Crippen LogP contribution in [0.25, 0.3) is 10.2 Å². The molecule has 0 radical (unpaired) electrons. The third-order valence-electron chi connectivity index (χ3n) is 4.88. The van der Waals surface area contributed by atoms with Crippen LogP contribution in [-0.2, 0) is 4.79 Å². The SMILES string of the molecule is CC(=O)N1N=C(c2c(C)c3ccsc3[nH]c2=O)CC1c1ccc(C)cc1. The fourth-order valence-corrected chi connectivity index (χ4v) is 4.36. The van der Waals surface area contributed by atoms with E-state index in [1.54, 1.807) is 0 Å². The number of fused-ring (bicyclic) bond motifs is 1. The fourth-order valence-electron chi connectivity index (χ4n) is 3.52. The normalized spacial score (nSPS) is 17.0. The van der Waals surface area contributed by atoms with Crippen LogP contribution in [0.5, 0.6) is 0 Å². The largest absolute Gasteiger partial charge is 0.313 e. The van der Waals surface area contributed by atoms with E-state index in [0.717, 1.165) is 26.9 Å². The van der Waals surface area contributed by atoms with E-state index in [2.05, 4.69) is 10.1 Å². The minimum absolute atomic E-state index is 0.128. The maximum Gasteiger partial charge on any atom is 0.258 e. The van der Waals surface area contributed by atoms with Gasteiger partial charge in [0.15, 0.2) is 0 Å². The van der Waals surface area contributed by atoms with Crippen LogP contribution in [0.1, 0.15) is 41.6 Å². The summed E-state index contributed by atoms with van der Waals surface area (Å²) in [5, 5.41) is 9.02. The Morgan fingerprint density at radius 3 is 2.65 bits per heavy atom. The van der Waals surface area contributed by atoms with Gasteiger partial charge in [-0.2, -0.15) is 5.10 Å². The highest BCUT2D eigenvalue weighted by molar-refractivity contribution is 7.16. The molecular weight excluding hydrogens is 346 g/mol. The fraction of sp³-hybridized carbons (Fsp3) is 0.250. The minimum Gasteiger partial charge on any atom is -0.313 e. The molecule has 26 heavy (non-hydrogen) atoms. The predicted molar refractivity (Wildman–Crippen MR) is 105 cm³/mol. The summed E-state index contributed by atoms with van der Waals surface area (Å²) in [6.07, 6.45) is 0.530. The van der Waals surface area contributed by atoms with E-state index >= 15 is 0 Å². The number of aryl methyl sites for hydroxylation is 2. The molecule has 5 nitrogen and oxygen atoms in total. The molecule has 6 heteroatoms. The number of hydrogen-bond donors (Lipinski definition) is 1. The number of H-pyrrole nitrogens is 1. The highest BCUT2D eigenvalue weighted by Gasteiger charge is 2.33. The van der Waals surface area contributed by atoms with Crippen molar-refractivity contribution in [2.45, 2.75) is 33.2 Å². The lowest BCUT2D eigenvalue weighted by molar-refractivity contribution is -0.130. The van der Waals surface area contributed by atoms with Gasteiger partial charge < -0.3 is 4.98 Å². The van der Waals surface area contributed by atoms with Crippen LogP contribution in [0.3, 0.4) is 0 Å². The number of benzene rings is 1. The molecule has 1 atom stereocenters. The number of thiophene rings is 1. The minimum atomic E-state index is -0.180. The van der Waals surface area contributed by atoms with E-state index < -0.39 is 0 Å². The van der Waals surface area contributed by atoms with Gasteiger partial charge in [-0.1, -0.05) is 29.8 Å². The number of hydrazone groups is 1. The van der Waals surface area contributed by atoms with Crippen molar-refractivity contribution in [2.75, 3.05) is 0 Å². The first-order valence-corrected chi connectivity index (χ1v) is 9.38. The molecule has 1 N–H and O–H groups in total. The summed E-state index contributed by atoms with van der Waals surface area (Å²) >= 11 is 1.51. The maximum absolute atomic E-state index is 12.7. The van der Waals surface area contributed by atoms with Crippen molar-refractivity contribution in [3.63, 3.8) is 0 Å². The summed E-state index contributed by atoms with van der Waals surface area (Å²) in [4.78, 5) is 28.6. The van der Waals surface area contributed by atoms with Gasteiger partial charge in [0.1, 0.15) is 4.83 Å². The molecule has 2 aromatic heterocycles. The Bertz CT molecular complexity index is 1090. The third-order valence-corrected chi connectivity index (χ3v) is 5.71. The number of amides is 1. The molecule has 1 unspecified atom stereocenters. The number of nitrogens with one attached hydrogen (secondary N) is 1. The Morgan fingerprint density at radius 2 is 1.96 bits per heavy atom. The van der Waals surface area contributed by atoms with Crippen LogP contribution >= 0.6 is 11.3 Å². The first-order valence-electron chi connectivity index (χ1n) is 8.50. The van der Waals surface area contributed by atoms with Crippen LogP contribution in [0.15, 0.2) is 45.6 Å². The monoisotopic (exact) mass is 365 g/mol. The summed E-state index contributed by atoms with van der Waals surface area (Å²) < 4.78 is 0. The Morgan fingerprint density at radius 1 is 1.23 bits per heavy atom. The molecule has 0 saturated heterocycles. The number of rotatable bonds is 2. The molecule has 0 saturated carbocycles. The number of carbonyl (C=O) groups is 1. The molecule has 4 rings (SSSR count). The van der Waals surface area contributed by atoms with Gasteiger partial charge in [-0.05, 0) is 36.4 Å². The molecule has 0 spiro atoms. The van der Waals surface area contributed by atoms with Crippen molar-refractivity contribution in [1.29, 1.82) is 0 Å². The zero-order valence-corrected chi connectivity index (χ0v) is 15.7. The third kappa shape index (κ3) is 2.66. The molecular formula is C20H19N3O2S. The van der Waals surface area contributed by atoms with Crippen LogP contribution in [0, 0.1) is 13.8 Å². The first-order chi connectivity index (χ1) is 12.5. The molecule has 1 amide bonds. The second-order valence-electron chi connectivity index (χ2n) is 6.66. The number of hydrogen-bond acceptors (Lipinski definition) is 4. The van der Waals surface area contributed by atoms with E-state index in [0.29, 0.717) is 17.7 Å². The van der Waals surface area contributed by atoms with Crippen molar-refractivity contribution < 1.29 is 4.79 Å². The second kappa shape index (κ2) is 6.21. The van der Waals surface area contributed by atoms with Gasteiger partial charge in [-0.15, -0.1) is 11.3 Å². The Hall–Kier alpha value is -2.73. The van der Waals surface area contributed by atoms with Gasteiger partial charge in [0.05, 0.1) is 17.3 Å². The quantitative estimate of drug-likeness (QED) is 0.748. The van der Waals surface area contributed by atoms with E-state index in [4.69, 9.17) is 0 Å². The van der Waals surface area contributed by atoms with Crippen molar-refractivity contribution in [3.8, 4) is 0 Å². The Labute approximate surface area is 155 Å². The summed E-state index contributed by atoms with van der Waals surface area (Å²) in [6, 6.07) is 9.92. The van der Waals surface area contributed by atoms with Crippen LogP contribution in [0.4, 0.5) is 0 Å². The Balaban J connectivity index is 1.81. The summed E-state index contributed by atoms with van der Waals surface area (Å²) in [5.41, 5.74) is 4.20. The number of nitrogens with zero attached hydrogens (tertiary/aromatic N) is 2. The zero-order valence-electron chi connectivity index (χ0n) is 14.9. The number of pyridine rings is 1. The molecule has 132 valence electrons. The van der Waals surface area contributed by atoms with Crippen molar-refractivity contribution in [2.24, 2.45) is 5.10 Å². The summed E-state index contributed by atoms with van der Waals surface area (Å²) in [5.74, 6) is -0.128. The molecule has 1 aromatic carbocycles. The predicted octanol–water partition coefficient (Wildman–Crippen LogP) is 3.90. The molecule has 3 heterocycles. The number of aromatic nitrogens is 1. The average molecular weight is 365 g/mol. The van der Waals surface area contributed by atoms with Gasteiger partial charge in [0, 0.05) is 18.7 Å². The van der Waals surface area contributed by atoms with E-state index in [-0.39, 0.29) is 17.5 Å². The number of aromatic amines is 1. The molecule has 1 aliphatic heterocycles. The molecule has 0 fully saturated rings. The van der Waals surface area contributed by atoms with Crippen molar-refractivity contribution in [3.05, 3.63) is 68.3 Å². The van der Waals surface area contributed by atoms with E-state index in [1.165, 1.54) is 23.3 Å². The van der Waals surface area contributed by atoms with Crippen LogP contribution in [-0.4, -0.2) is 21.6 Å². The van der Waals surface area contributed by atoms with E-state index in [9.17, 15) is 9.59 Å². The molecule has 0 bridgehead atoms. The van der Waals surface area contributed by atoms with Gasteiger partial charge in [-0.25, -0.2) is 5.01 Å². The first kappa shape index (κ1) is 16.7. The molecule has 3 aromatic rings. The van der Waals surface area contributed by atoms with Gasteiger partial charge in [0.25, 0.3) is 5.56 Å². The van der Waals surface area contributed by atoms with Crippen molar-refractivity contribution >= 4 is 33.2 Å². The lowest BCUT2D eigenvalue weighted by Gasteiger charge is -2.20. The topological polar surface area (TPSA) is 65.5 Å². The standard InChI is InChI=1S/C20H19N3O2S/c1-11-4-6-14(7-5-11)17-10-16(22-23(17)13(3)24)18-12(2)15-8-9-26-20(15)21-19(18)25/h4-9,17H,10H2,1-3H3,(H,21,25). The Kier molecular flexibility index (Phi) is 4.00. The smallest absolute Gasteiger partial charge is 0.258 e. The maximum atomic E-state index is 12.7. The van der Waals surface area contributed by atoms with Crippen LogP contribution in [0.2, 0.25) is 0 Å². The zero-order chi connectivity index (χ0) is 18.4. The molecule has 1 aliphatic rings. The van der Waals surface area contributed by atoms with Crippen molar-refractivity contribution in [1.82, 2.24) is 9.99 Å². The summed E-state index contributed by atoms with van der Waals surface area (Å²) in [7, 11) is 0. The second-order valence-corrected chi connectivity index (χ2v) is 7.57.